The summed E-state index contributed by atoms with van der Waals surface area (Å²) in [5.74, 6) is 1.34. The first-order chi connectivity index (χ1) is 13.3. The highest BCUT2D eigenvalue weighted by atomic mass is 16.5. The Kier molecular flexibility index (Phi) is 3.49. The van der Waals surface area contributed by atoms with Crippen LogP contribution in [0, 0.1) is 6.92 Å². The minimum Gasteiger partial charge on any atom is -0.470 e. The van der Waals surface area contributed by atoms with Crippen LogP contribution in [0.5, 0.6) is 5.88 Å². The van der Waals surface area contributed by atoms with E-state index in [1.807, 2.05) is 31.2 Å². The quantitative estimate of drug-likeness (QED) is 0.482. The van der Waals surface area contributed by atoms with E-state index in [1.165, 1.54) is 0 Å². The molecule has 0 saturated carbocycles. The summed E-state index contributed by atoms with van der Waals surface area (Å²) < 4.78 is 12.9. The van der Waals surface area contributed by atoms with Gasteiger partial charge in [0.1, 0.15) is 6.61 Å². The van der Waals surface area contributed by atoms with Crippen molar-refractivity contribution in [2.24, 2.45) is 0 Å². The Bertz CT molecular complexity index is 1250. The minimum atomic E-state index is 0.280. The second-order valence-corrected chi connectivity index (χ2v) is 5.93. The Morgan fingerprint density at radius 3 is 2.89 bits per heavy atom. The van der Waals surface area contributed by atoms with Gasteiger partial charge in [0.25, 0.3) is 0 Å². The molecule has 5 aromatic heterocycles. The number of ether oxygens (including phenoxy) is 1. The van der Waals surface area contributed by atoms with Crippen LogP contribution in [-0.2, 0) is 6.61 Å². The Morgan fingerprint density at radius 1 is 1.11 bits per heavy atom. The Hall–Kier alpha value is -3.88. The van der Waals surface area contributed by atoms with E-state index in [9.17, 15) is 0 Å². The first kappa shape index (κ1) is 15.4. The lowest BCUT2D eigenvalue weighted by molar-refractivity contribution is 0.289. The maximum absolute atomic E-state index is 5.94. The van der Waals surface area contributed by atoms with Crippen LogP contribution in [0.1, 0.15) is 11.4 Å². The van der Waals surface area contributed by atoms with Gasteiger partial charge in [-0.25, -0.2) is 0 Å². The summed E-state index contributed by atoms with van der Waals surface area (Å²) in [5, 5.41) is 18.5. The molecule has 0 atom stereocenters. The lowest BCUT2D eigenvalue weighted by Gasteiger charge is -2.09. The highest BCUT2D eigenvalue weighted by Gasteiger charge is 2.19. The molecule has 9 nitrogen and oxygen atoms in total. The second-order valence-electron chi connectivity index (χ2n) is 5.93. The summed E-state index contributed by atoms with van der Waals surface area (Å²) in [6, 6.07) is 9.29. The molecule has 0 bridgehead atoms. The SMILES string of the molecule is Cc1cc(-c2nnc3c4ccncc4c(OCc4ccccn4)nn23)on1. The van der Waals surface area contributed by atoms with Gasteiger partial charge in [0.15, 0.2) is 5.65 Å². The van der Waals surface area contributed by atoms with E-state index in [0.717, 1.165) is 22.2 Å². The number of rotatable bonds is 4. The van der Waals surface area contributed by atoms with Crippen molar-refractivity contribution in [2.75, 3.05) is 0 Å². The molecule has 0 aliphatic heterocycles. The normalized spacial score (nSPS) is 11.3. The van der Waals surface area contributed by atoms with Crippen LogP contribution in [0.4, 0.5) is 0 Å². The maximum atomic E-state index is 5.94. The van der Waals surface area contributed by atoms with E-state index < -0.39 is 0 Å². The summed E-state index contributed by atoms with van der Waals surface area (Å²) in [6.07, 6.45) is 5.11. The molecule has 5 aromatic rings. The van der Waals surface area contributed by atoms with Crippen LogP contribution in [0.15, 0.2) is 53.4 Å². The van der Waals surface area contributed by atoms with Gasteiger partial charge in [-0.15, -0.1) is 15.3 Å². The number of aromatic nitrogens is 7. The number of aryl methyl sites for hydroxylation is 1. The highest BCUT2D eigenvalue weighted by molar-refractivity contribution is 5.96. The van der Waals surface area contributed by atoms with Gasteiger partial charge in [0.05, 0.1) is 16.8 Å². The van der Waals surface area contributed by atoms with E-state index >= 15 is 0 Å². The van der Waals surface area contributed by atoms with Crippen molar-refractivity contribution in [1.82, 2.24) is 34.9 Å². The Morgan fingerprint density at radius 2 is 2.07 bits per heavy atom. The van der Waals surface area contributed by atoms with Gasteiger partial charge >= 0.3 is 0 Å². The fraction of sp³-hybridized carbons (Fsp3) is 0.111. The first-order valence-corrected chi connectivity index (χ1v) is 8.25. The van der Waals surface area contributed by atoms with Gasteiger partial charge in [0, 0.05) is 30.0 Å². The van der Waals surface area contributed by atoms with E-state index in [0.29, 0.717) is 23.1 Å². The number of hydrogen-bond donors (Lipinski definition) is 0. The largest absolute Gasteiger partial charge is 0.470 e. The predicted octanol–water partition coefficient (Wildman–Crippen LogP) is 2.61. The molecule has 0 aliphatic rings. The van der Waals surface area contributed by atoms with Gasteiger partial charge < -0.3 is 9.26 Å². The number of fused-ring (bicyclic) bond motifs is 3. The number of pyridine rings is 2. The van der Waals surface area contributed by atoms with E-state index in [1.54, 1.807) is 29.2 Å². The van der Waals surface area contributed by atoms with Crippen molar-refractivity contribution >= 4 is 16.4 Å². The lowest BCUT2D eigenvalue weighted by atomic mass is 10.2. The van der Waals surface area contributed by atoms with E-state index in [2.05, 4.69) is 30.4 Å². The van der Waals surface area contributed by atoms with Crippen LogP contribution in [0.25, 0.3) is 28.0 Å². The van der Waals surface area contributed by atoms with Crippen LogP contribution < -0.4 is 4.74 Å². The van der Waals surface area contributed by atoms with Crippen molar-refractivity contribution in [3.8, 4) is 17.5 Å². The smallest absolute Gasteiger partial charge is 0.241 e. The van der Waals surface area contributed by atoms with Crippen LogP contribution in [0.3, 0.4) is 0 Å². The number of nitrogens with zero attached hydrogens (tertiary/aromatic N) is 7. The zero-order valence-corrected chi connectivity index (χ0v) is 14.3. The van der Waals surface area contributed by atoms with E-state index in [4.69, 9.17) is 9.26 Å². The van der Waals surface area contributed by atoms with Crippen molar-refractivity contribution in [1.29, 1.82) is 0 Å². The molecule has 9 heteroatoms. The van der Waals surface area contributed by atoms with Crippen LogP contribution in [0.2, 0.25) is 0 Å². The molecule has 0 N–H and O–H groups in total. The molecule has 0 unspecified atom stereocenters. The zero-order valence-electron chi connectivity index (χ0n) is 14.3. The maximum Gasteiger partial charge on any atom is 0.241 e. The van der Waals surface area contributed by atoms with Gasteiger partial charge in [-0.05, 0) is 25.1 Å². The third-order valence-electron chi connectivity index (χ3n) is 4.06. The fourth-order valence-corrected chi connectivity index (χ4v) is 2.80. The van der Waals surface area contributed by atoms with Crippen LogP contribution in [-0.4, -0.2) is 34.9 Å². The molecule has 0 aromatic carbocycles. The lowest BCUT2D eigenvalue weighted by Crippen LogP contribution is -2.04. The second kappa shape index (κ2) is 6.13. The molecule has 0 saturated heterocycles. The van der Waals surface area contributed by atoms with Gasteiger partial charge in [-0.1, -0.05) is 11.2 Å². The topological polar surface area (TPSA) is 104 Å². The minimum absolute atomic E-state index is 0.280. The molecule has 0 fully saturated rings. The Balaban J connectivity index is 1.66. The summed E-state index contributed by atoms with van der Waals surface area (Å²) in [4.78, 5) is 8.45. The van der Waals surface area contributed by atoms with E-state index in [-0.39, 0.29) is 6.61 Å². The third kappa shape index (κ3) is 2.65. The molecule has 5 heterocycles. The van der Waals surface area contributed by atoms with Crippen molar-refractivity contribution in [2.45, 2.75) is 13.5 Å². The summed E-state index contributed by atoms with van der Waals surface area (Å²) in [5.41, 5.74) is 2.13. The van der Waals surface area contributed by atoms with Gasteiger partial charge in [-0.3, -0.25) is 9.97 Å². The average molecular weight is 359 g/mol. The van der Waals surface area contributed by atoms with Crippen molar-refractivity contribution in [3.05, 3.63) is 60.3 Å². The molecule has 132 valence electrons. The Labute approximate surface area is 152 Å². The molecule has 27 heavy (non-hydrogen) atoms. The molecule has 0 spiro atoms. The molecular formula is C18H13N7O2. The summed E-state index contributed by atoms with van der Waals surface area (Å²) in [6.45, 7) is 2.12. The summed E-state index contributed by atoms with van der Waals surface area (Å²) in [7, 11) is 0. The fourth-order valence-electron chi connectivity index (χ4n) is 2.80. The third-order valence-corrected chi connectivity index (χ3v) is 4.06. The molecule has 0 aliphatic carbocycles. The molecular weight excluding hydrogens is 346 g/mol. The van der Waals surface area contributed by atoms with Gasteiger partial charge in [-0.2, -0.15) is 4.52 Å². The standard InChI is InChI=1S/C18H13N7O2/c1-11-8-15(27-24-11)17-22-21-16-13-5-7-19-9-14(13)18(23-25(16)17)26-10-12-4-2-3-6-20-12/h2-9H,10H2,1H3. The monoisotopic (exact) mass is 359 g/mol. The molecule has 5 rings (SSSR count). The predicted molar refractivity (Wildman–Crippen MR) is 94.9 cm³/mol. The highest BCUT2D eigenvalue weighted by Crippen LogP contribution is 2.28. The summed E-state index contributed by atoms with van der Waals surface area (Å²) >= 11 is 0. The van der Waals surface area contributed by atoms with Crippen molar-refractivity contribution < 1.29 is 9.26 Å². The first-order valence-electron chi connectivity index (χ1n) is 8.25. The van der Waals surface area contributed by atoms with Crippen LogP contribution >= 0.6 is 0 Å². The average Bonchev–Trinajstić information content (AvgIpc) is 3.33. The molecule has 0 amide bonds. The van der Waals surface area contributed by atoms with Gasteiger partial charge in [0.2, 0.25) is 17.5 Å². The zero-order chi connectivity index (χ0) is 18.2. The number of hydrogen-bond acceptors (Lipinski definition) is 8. The van der Waals surface area contributed by atoms with Crippen molar-refractivity contribution in [3.63, 3.8) is 0 Å². The molecule has 0 radical (unpaired) electrons.